The number of unbranched alkanes of at least 4 members (excludes halogenated alkanes) is 3. The van der Waals surface area contributed by atoms with Gasteiger partial charge in [0.1, 0.15) is 11.2 Å². The molecule has 0 radical (unpaired) electrons. The van der Waals surface area contributed by atoms with Crippen LogP contribution in [0.4, 0.5) is 9.59 Å². The van der Waals surface area contributed by atoms with E-state index >= 15 is 0 Å². The van der Waals surface area contributed by atoms with Crippen LogP contribution < -0.4 is 0 Å². The smallest absolute Gasteiger partial charge is 0.419 e. The Labute approximate surface area is 285 Å². The molecule has 0 aliphatic carbocycles. The first-order valence-electron chi connectivity index (χ1n) is 17.4. The highest BCUT2D eigenvalue weighted by atomic mass is 35.5. The average Bonchev–Trinajstić information content (AvgIpc) is 2.86. The van der Waals surface area contributed by atoms with Gasteiger partial charge >= 0.3 is 12.2 Å². The molecule has 0 bridgehead atoms. The van der Waals surface area contributed by atoms with Crippen LogP contribution in [0.1, 0.15) is 153 Å². The number of halogens is 1. The third kappa shape index (κ3) is 19.6. The molecule has 2 amide bonds. The van der Waals surface area contributed by atoms with E-state index in [1.54, 1.807) is 20.8 Å². The quantitative estimate of drug-likeness (QED) is 0.0746. The lowest BCUT2D eigenvalue weighted by Gasteiger charge is -2.49. The first-order chi connectivity index (χ1) is 20.9. The van der Waals surface area contributed by atoms with Gasteiger partial charge in [-0.1, -0.05) is 60.8 Å². The number of nitrogens with zero attached hydrogens (tertiary/aromatic N) is 1. The number of aliphatic hydroxyl groups excluding tert-OH is 4. The Morgan fingerprint density at radius 3 is 1.33 bits per heavy atom. The Bertz CT molecular complexity index is 848. The fraction of sp³-hybridized carbons (Fsp3) is 0.944. The number of alkyl halides is 1. The van der Waals surface area contributed by atoms with Crippen LogP contribution in [0.5, 0.6) is 0 Å². The first-order valence-corrected chi connectivity index (χ1v) is 18.0. The van der Waals surface area contributed by atoms with Gasteiger partial charge in [-0.15, -0.1) is 11.6 Å². The summed E-state index contributed by atoms with van der Waals surface area (Å²) in [6, 6.07) is 0. The summed E-state index contributed by atoms with van der Waals surface area (Å²) in [4.78, 5) is 27.5. The summed E-state index contributed by atoms with van der Waals surface area (Å²) >= 11 is 5.68. The number of carbonyl (C=O) groups is 2. The van der Waals surface area contributed by atoms with Crippen molar-refractivity contribution in [2.45, 2.75) is 189 Å². The maximum atomic E-state index is 13.5. The molecule has 46 heavy (non-hydrogen) atoms. The summed E-state index contributed by atoms with van der Waals surface area (Å²) in [5.74, 6) is 0.612. The molecule has 0 fully saturated rings. The minimum Gasteiger partial charge on any atom is -0.443 e. The van der Waals surface area contributed by atoms with Crippen LogP contribution in [0, 0.1) is 16.7 Å². The van der Waals surface area contributed by atoms with Crippen LogP contribution in [0.25, 0.3) is 0 Å². The number of ether oxygens (including phenoxy) is 2. The Kier molecular flexibility index (Phi) is 19.9. The van der Waals surface area contributed by atoms with Gasteiger partial charge in [0.15, 0.2) is 0 Å². The van der Waals surface area contributed by atoms with Gasteiger partial charge in [0.05, 0.1) is 24.4 Å². The predicted octanol–water partition coefficient (Wildman–Crippen LogP) is 8.21. The van der Waals surface area contributed by atoms with Crippen molar-refractivity contribution in [2.75, 3.05) is 12.4 Å². The Balaban J connectivity index is 5.02. The molecule has 0 aromatic heterocycles. The lowest BCUT2D eigenvalue weighted by atomic mass is 9.60. The minimum atomic E-state index is -0.913. The number of amides is 2. The van der Waals surface area contributed by atoms with Crippen LogP contribution in [-0.2, 0) is 9.47 Å². The molecular weight excluding hydrogens is 610 g/mol. The van der Waals surface area contributed by atoms with E-state index < -0.39 is 47.8 Å². The molecule has 0 saturated heterocycles. The van der Waals surface area contributed by atoms with Crippen molar-refractivity contribution < 1.29 is 39.5 Å². The number of hydrogen-bond donors (Lipinski definition) is 4. The second-order valence-electron chi connectivity index (χ2n) is 16.8. The van der Waals surface area contributed by atoms with Crippen LogP contribution >= 0.6 is 11.6 Å². The van der Waals surface area contributed by atoms with Gasteiger partial charge in [0.2, 0.25) is 0 Å². The Morgan fingerprint density at radius 1 is 0.565 bits per heavy atom. The van der Waals surface area contributed by atoms with E-state index in [1.807, 2.05) is 13.8 Å². The molecule has 0 saturated carbocycles. The monoisotopic (exact) mass is 679 g/mol. The molecule has 10 heteroatoms. The van der Waals surface area contributed by atoms with Gasteiger partial charge in [-0.05, 0) is 103 Å². The lowest BCUT2D eigenvalue weighted by molar-refractivity contribution is -0.0993. The van der Waals surface area contributed by atoms with Gasteiger partial charge in [0.25, 0.3) is 0 Å². The SMILES string of the molecule is CC(C)(C)OC(=O)N(CCC(O)CCC(O)CCC(O)CCC(O)CCCCCCCl)C(=O)OC(C)(C)C(C(C)(C)C)C(C)(C)C. The fourth-order valence-electron chi connectivity index (χ4n) is 7.14. The molecule has 0 aliphatic rings. The molecule has 274 valence electrons. The number of rotatable bonds is 20. The van der Waals surface area contributed by atoms with E-state index in [1.165, 1.54) is 0 Å². The van der Waals surface area contributed by atoms with Crippen molar-refractivity contribution in [1.82, 2.24) is 4.90 Å². The summed E-state index contributed by atoms with van der Waals surface area (Å²) in [6.45, 7) is 21.4. The fourth-order valence-corrected chi connectivity index (χ4v) is 7.32. The normalized spacial score (nSPS) is 15.8. The number of aliphatic hydroxyl groups is 4. The third-order valence-electron chi connectivity index (χ3n) is 8.22. The zero-order chi connectivity index (χ0) is 35.9. The lowest BCUT2D eigenvalue weighted by Crippen LogP contribution is -2.52. The van der Waals surface area contributed by atoms with Crippen LogP contribution in [0.2, 0.25) is 0 Å². The van der Waals surface area contributed by atoms with E-state index in [4.69, 9.17) is 21.1 Å². The largest absolute Gasteiger partial charge is 0.443 e. The van der Waals surface area contributed by atoms with Gasteiger partial charge in [-0.3, -0.25) is 0 Å². The van der Waals surface area contributed by atoms with Crippen molar-refractivity contribution in [2.24, 2.45) is 16.7 Å². The zero-order valence-corrected chi connectivity index (χ0v) is 31.8. The molecule has 0 heterocycles. The molecule has 0 aliphatic heterocycles. The van der Waals surface area contributed by atoms with Gasteiger partial charge in [0, 0.05) is 18.3 Å². The molecular formula is C36H70ClNO8. The number of carbonyl (C=O) groups excluding carboxylic acids is 2. The van der Waals surface area contributed by atoms with Crippen LogP contribution in [0.15, 0.2) is 0 Å². The Hall–Kier alpha value is -1.13. The molecule has 0 aromatic rings. The van der Waals surface area contributed by atoms with Crippen molar-refractivity contribution in [3.05, 3.63) is 0 Å². The standard InChI is InChI=1S/C36H70ClNO8/c1-33(2,3)30(34(4,5)6)36(10,11)46-32(44)38(31(43)45-35(7,8)9)25-23-29(42)22-21-28(41)20-19-27(40)18-17-26(39)16-14-12-13-15-24-37/h26-30,39-42H,12-25H2,1-11H3. The molecule has 4 unspecified atom stereocenters. The molecule has 0 spiro atoms. The average molecular weight is 680 g/mol. The van der Waals surface area contributed by atoms with Gasteiger partial charge in [-0.25, -0.2) is 14.5 Å². The summed E-state index contributed by atoms with van der Waals surface area (Å²) in [7, 11) is 0. The van der Waals surface area contributed by atoms with Gasteiger partial charge in [-0.2, -0.15) is 0 Å². The van der Waals surface area contributed by atoms with E-state index in [2.05, 4.69) is 41.5 Å². The van der Waals surface area contributed by atoms with Crippen molar-refractivity contribution in [1.29, 1.82) is 0 Å². The summed E-state index contributed by atoms with van der Waals surface area (Å²) in [5, 5.41) is 41.6. The first kappa shape index (κ1) is 44.9. The van der Waals surface area contributed by atoms with Crippen molar-refractivity contribution >= 4 is 23.8 Å². The minimum absolute atomic E-state index is 0.0519. The van der Waals surface area contributed by atoms with Gasteiger partial charge < -0.3 is 29.9 Å². The van der Waals surface area contributed by atoms with E-state index in [0.717, 1.165) is 30.6 Å². The highest BCUT2D eigenvalue weighted by molar-refractivity contribution is 6.17. The second kappa shape index (κ2) is 20.4. The molecule has 0 aromatic carbocycles. The van der Waals surface area contributed by atoms with Crippen LogP contribution in [-0.4, -0.2) is 85.6 Å². The van der Waals surface area contributed by atoms with Crippen molar-refractivity contribution in [3.8, 4) is 0 Å². The maximum absolute atomic E-state index is 13.5. The summed E-state index contributed by atoms with van der Waals surface area (Å²) < 4.78 is 11.5. The highest BCUT2D eigenvalue weighted by Gasteiger charge is 2.48. The molecule has 4 N–H and O–H groups in total. The Morgan fingerprint density at radius 2 is 0.935 bits per heavy atom. The van der Waals surface area contributed by atoms with Crippen molar-refractivity contribution in [3.63, 3.8) is 0 Å². The third-order valence-corrected chi connectivity index (χ3v) is 8.49. The number of imide groups is 1. The van der Waals surface area contributed by atoms with E-state index in [-0.39, 0.29) is 36.1 Å². The van der Waals surface area contributed by atoms with E-state index in [0.29, 0.717) is 44.4 Å². The maximum Gasteiger partial charge on any atom is 0.419 e. The zero-order valence-electron chi connectivity index (χ0n) is 31.0. The second-order valence-corrected chi connectivity index (χ2v) is 17.2. The molecule has 9 nitrogen and oxygen atoms in total. The molecule has 0 rings (SSSR count). The highest BCUT2D eigenvalue weighted by Crippen LogP contribution is 2.48. The number of hydrogen-bond acceptors (Lipinski definition) is 8. The molecule has 4 atom stereocenters. The summed E-state index contributed by atoms with van der Waals surface area (Å²) in [5.41, 5.74) is -2.14. The summed E-state index contributed by atoms with van der Waals surface area (Å²) in [6.07, 6.45) is 2.88. The topological polar surface area (TPSA) is 137 Å². The van der Waals surface area contributed by atoms with Crippen LogP contribution in [0.3, 0.4) is 0 Å². The predicted molar refractivity (Wildman–Crippen MR) is 186 cm³/mol. The van der Waals surface area contributed by atoms with E-state index in [9.17, 15) is 30.0 Å².